The van der Waals surface area contributed by atoms with E-state index >= 15 is 0 Å². The van der Waals surface area contributed by atoms with Crippen molar-refractivity contribution < 1.29 is 14.3 Å². The number of para-hydroxylation sites is 2. The highest BCUT2D eigenvalue weighted by atomic mass is 16.5. The maximum absolute atomic E-state index is 12.1. The Morgan fingerprint density at radius 2 is 1.70 bits per heavy atom. The predicted molar refractivity (Wildman–Crippen MR) is 88.5 cm³/mol. The number of carbonyl (C=O) groups excluding carboxylic acids is 2. The number of nitrogens with one attached hydrogen (secondary N) is 2. The molecule has 2 aromatic carbocycles. The van der Waals surface area contributed by atoms with Gasteiger partial charge in [-0.05, 0) is 24.3 Å². The predicted octanol–water partition coefficient (Wildman–Crippen LogP) is 2.13. The molecule has 0 atom stereocenters. The summed E-state index contributed by atoms with van der Waals surface area (Å²) >= 11 is 0. The highest BCUT2D eigenvalue weighted by Gasteiger charge is 2.14. The van der Waals surface area contributed by atoms with E-state index < -0.39 is 11.9 Å². The van der Waals surface area contributed by atoms with Gasteiger partial charge >= 0.3 is 5.97 Å². The molecule has 0 aliphatic carbocycles. The Morgan fingerprint density at radius 1 is 1.04 bits per heavy atom. The normalized spacial score (nSPS) is 10.7. The number of nitrogens with two attached hydrogens (primary N) is 1. The monoisotopic (exact) mass is 311 g/mol. The van der Waals surface area contributed by atoms with E-state index in [9.17, 15) is 9.59 Å². The molecular formula is C17H17N3O3. The number of hydrogen-bond donors (Lipinski definition) is 3. The first kappa shape index (κ1) is 16.1. The fourth-order valence-corrected chi connectivity index (χ4v) is 1.82. The number of carbonyl (C=O) groups is 2. The first-order valence-corrected chi connectivity index (χ1v) is 6.87. The third-order valence-corrected chi connectivity index (χ3v) is 3.02. The molecule has 118 valence electrons. The fraction of sp³-hybridized carbons (Fsp3) is 0.0588. The second-order valence-corrected chi connectivity index (χ2v) is 4.60. The first-order chi connectivity index (χ1) is 11.1. The van der Waals surface area contributed by atoms with E-state index in [1.807, 2.05) is 0 Å². The Bertz CT molecular complexity index is 727. The number of methoxy groups -OCH3 is 1. The minimum Gasteiger partial charge on any atom is -0.464 e. The summed E-state index contributed by atoms with van der Waals surface area (Å²) in [6.07, 6.45) is 1.35. The van der Waals surface area contributed by atoms with Gasteiger partial charge in [-0.1, -0.05) is 30.3 Å². The van der Waals surface area contributed by atoms with Crippen molar-refractivity contribution >= 4 is 23.3 Å². The molecule has 0 fully saturated rings. The summed E-state index contributed by atoms with van der Waals surface area (Å²) in [7, 11) is 1.24. The van der Waals surface area contributed by atoms with Gasteiger partial charge in [0.25, 0.3) is 5.91 Å². The van der Waals surface area contributed by atoms with E-state index in [2.05, 4.69) is 15.4 Å². The van der Waals surface area contributed by atoms with E-state index in [1.165, 1.54) is 13.3 Å². The zero-order chi connectivity index (χ0) is 16.7. The maximum atomic E-state index is 12.1. The van der Waals surface area contributed by atoms with Crippen molar-refractivity contribution in [2.24, 2.45) is 0 Å². The SMILES string of the molecule is COC(=O)C(=CNc1ccccc1N)NC(=O)c1ccccc1. The van der Waals surface area contributed by atoms with Crippen molar-refractivity contribution in [2.75, 3.05) is 18.2 Å². The standard InChI is InChI=1S/C17H17N3O3/c1-23-17(22)15(11-19-14-10-6-5-9-13(14)18)20-16(21)12-7-3-2-4-8-12/h2-11,19H,18H2,1H3,(H,20,21). The van der Waals surface area contributed by atoms with Crippen LogP contribution in [0.3, 0.4) is 0 Å². The summed E-state index contributed by atoms with van der Waals surface area (Å²) in [5, 5.41) is 5.40. The van der Waals surface area contributed by atoms with Crippen LogP contribution in [-0.4, -0.2) is 19.0 Å². The van der Waals surface area contributed by atoms with E-state index in [0.29, 0.717) is 16.9 Å². The number of hydrogen-bond acceptors (Lipinski definition) is 5. The van der Waals surface area contributed by atoms with Crippen LogP contribution in [0.25, 0.3) is 0 Å². The lowest BCUT2D eigenvalue weighted by molar-refractivity contribution is -0.136. The molecule has 1 amide bonds. The molecule has 0 saturated carbocycles. The van der Waals surface area contributed by atoms with Crippen LogP contribution >= 0.6 is 0 Å². The van der Waals surface area contributed by atoms with Crippen molar-refractivity contribution in [3.05, 3.63) is 72.1 Å². The molecule has 0 radical (unpaired) electrons. The van der Waals surface area contributed by atoms with Gasteiger partial charge in [-0.25, -0.2) is 4.79 Å². The van der Waals surface area contributed by atoms with Gasteiger partial charge in [0.05, 0.1) is 18.5 Å². The van der Waals surface area contributed by atoms with Crippen molar-refractivity contribution in [3.8, 4) is 0 Å². The van der Waals surface area contributed by atoms with Gasteiger partial charge in [-0.2, -0.15) is 0 Å². The molecule has 2 aromatic rings. The lowest BCUT2D eigenvalue weighted by atomic mass is 10.2. The minimum atomic E-state index is -0.670. The zero-order valence-electron chi connectivity index (χ0n) is 12.6. The van der Waals surface area contributed by atoms with Crippen LogP contribution in [0.15, 0.2) is 66.5 Å². The van der Waals surface area contributed by atoms with E-state index in [4.69, 9.17) is 5.73 Å². The highest BCUT2D eigenvalue weighted by Crippen LogP contribution is 2.16. The molecule has 0 bridgehead atoms. The molecule has 6 heteroatoms. The Morgan fingerprint density at radius 3 is 2.35 bits per heavy atom. The van der Waals surface area contributed by atoms with Crippen molar-refractivity contribution in [1.82, 2.24) is 5.32 Å². The molecule has 0 aromatic heterocycles. The number of rotatable bonds is 5. The zero-order valence-corrected chi connectivity index (χ0v) is 12.6. The van der Waals surface area contributed by atoms with Crippen LogP contribution in [0.1, 0.15) is 10.4 Å². The highest BCUT2D eigenvalue weighted by molar-refractivity contribution is 6.01. The quantitative estimate of drug-likeness (QED) is 0.447. The molecule has 0 aliphatic heterocycles. The molecule has 0 saturated heterocycles. The summed E-state index contributed by atoms with van der Waals surface area (Å²) in [5.41, 5.74) is 7.35. The molecule has 0 heterocycles. The third kappa shape index (κ3) is 4.34. The van der Waals surface area contributed by atoms with Crippen LogP contribution in [0.4, 0.5) is 11.4 Å². The van der Waals surface area contributed by atoms with Gasteiger partial charge in [-0.15, -0.1) is 0 Å². The number of nitrogen functional groups attached to an aromatic ring is 1. The van der Waals surface area contributed by atoms with Crippen molar-refractivity contribution in [3.63, 3.8) is 0 Å². The average Bonchev–Trinajstić information content (AvgIpc) is 2.59. The summed E-state index contributed by atoms with van der Waals surface area (Å²) in [4.78, 5) is 24.0. The summed E-state index contributed by atoms with van der Waals surface area (Å²) in [6, 6.07) is 15.6. The maximum Gasteiger partial charge on any atom is 0.356 e. The summed E-state index contributed by atoms with van der Waals surface area (Å²) in [5.74, 6) is -1.08. The van der Waals surface area contributed by atoms with Gasteiger partial charge in [0.2, 0.25) is 0 Å². The van der Waals surface area contributed by atoms with Gasteiger partial charge in [0.15, 0.2) is 0 Å². The van der Waals surface area contributed by atoms with Gasteiger partial charge < -0.3 is 21.1 Å². The molecule has 6 nitrogen and oxygen atoms in total. The van der Waals surface area contributed by atoms with E-state index in [1.54, 1.807) is 54.6 Å². The first-order valence-electron chi connectivity index (χ1n) is 6.87. The number of benzene rings is 2. The summed E-state index contributed by atoms with van der Waals surface area (Å²) in [6.45, 7) is 0. The molecule has 0 spiro atoms. The third-order valence-electron chi connectivity index (χ3n) is 3.02. The van der Waals surface area contributed by atoms with Crippen molar-refractivity contribution in [2.45, 2.75) is 0 Å². The van der Waals surface area contributed by atoms with Crippen LogP contribution in [0.5, 0.6) is 0 Å². The molecular weight excluding hydrogens is 294 g/mol. The Labute approximate surface area is 133 Å². The molecule has 2 rings (SSSR count). The Hall–Kier alpha value is -3.28. The number of ether oxygens (including phenoxy) is 1. The van der Waals surface area contributed by atoms with Crippen LogP contribution in [-0.2, 0) is 9.53 Å². The number of esters is 1. The molecule has 4 N–H and O–H groups in total. The topological polar surface area (TPSA) is 93.4 Å². The van der Waals surface area contributed by atoms with E-state index in [-0.39, 0.29) is 5.70 Å². The Kier molecular flexibility index (Phi) is 5.35. The van der Waals surface area contributed by atoms with Gasteiger partial charge in [0.1, 0.15) is 5.70 Å². The van der Waals surface area contributed by atoms with E-state index in [0.717, 1.165) is 0 Å². The second kappa shape index (κ2) is 7.65. The lowest BCUT2D eigenvalue weighted by Crippen LogP contribution is -2.28. The fourth-order valence-electron chi connectivity index (χ4n) is 1.82. The average molecular weight is 311 g/mol. The molecule has 23 heavy (non-hydrogen) atoms. The van der Waals surface area contributed by atoms with Crippen LogP contribution < -0.4 is 16.4 Å². The molecule has 0 unspecified atom stereocenters. The number of amides is 1. The Balaban J connectivity index is 2.17. The minimum absolute atomic E-state index is 0.0235. The van der Waals surface area contributed by atoms with Gasteiger partial charge in [-0.3, -0.25) is 4.79 Å². The molecule has 0 aliphatic rings. The summed E-state index contributed by atoms with van der Waals surface area (Å²) < 4.78 is 4.67. The smallest absolute Gasteiger partial charge is 0.356 e. The second-order valence-electron chi connectivity index (χ2n) is 4.60. The number of anilines is 2. The largest absolute Gasteiger partial charge is 0.464 e. The van der Waals surface area contributed by atoms with Crippen LogP contribution in [0, 0.1) is 0 Å². The van der Waals surface area contributed by atoms with Gasteiger partial charge in [0, 0.05) is 11.8 Å². The van der Waals surface area contributed by atoms with Crippen molar-refractivity contribution in [1.29, 1.82) is 0 Å². The lowest BCUT2D eigenvalue weighted by Gasteiger charge is -2.10. The van der Waals surface area contributed by atoms with Crippen LogP contribution in [0.2, 0.25) is 0 Å².